The van der Waals surface area contributed by atoms with Crippen LogP contribution in [-0.2, 0) is 11.3 Å². The lowest BCUT2D eigenvalue weighted by Gasteiger charge is -2.32. The van der Waals surface area contributed by atoms with E-state index in [-0.39, 0.29) is 6.42 Å². The van der Waals surface area contributed by atoms with Crippen LogP contribution in [0.2, 0.25) is 0 Å². The number of hydrogen-bond acceptors (Lipinski definition) is 5. The average Bonchev–Trinajstić information content (AvgIpc) is 3.16. The number of carboxylic acids is 1. The largest absolute Gasteiger partial charge is 0.481 e. The number of nitrogens with zero attached hydrogens (tertiary/aromatic N) is 2. The summed E-state index contributed by atoms with van der Waals surface area (Å²) in [6, 6.07) is 4.01. The third-order valence-electron chi connectivity index (χ3n) is 4.37. The number of aliphatic carboxylic acids is 1. The minimum atomic E-state index is -0.699. The lowest BCUT2D eigenvalue weighted by molar-refractivity contribution is -0.137. The molecular weight excluding hydrogens is 312 g/mol. The molecule has 5 nitrogen and oxygen atoms in total. The number of piperidine rings is 1. The van der Waals surface area contributed by atoms with Gasteiger partial charge in [-0.25, -0.2) is 4.98 Å². The van der Waals surface area contributed by atoms with E-state index in [4.69, 9.17) is 9.52 Å². The van der Waals surface area contributed by atoms with Crippen molar-refractivity contribution < 1.29 is 14.3 Å². The highest BCUT2D eigenvalue weighted by molar-refractivity contribution is 7.13. The minimum Gasteiger partial charge on any atom is -0.481 e. The smallest absolute Gasteiger partial charge is 0.303 e. The van der Waals surface area contributed by atoms with Gasteiger partial charge in [0.25, 0.3) is 0 Å². The summed E-state index contributed by atoms with van der Waals surface area (Å²) in [6.45, 7) is 4.74. The summed E-state index contributed by atoms with van der Waals surface area (Å²) in [7, 11) is 0. The molecule has 2 aromatic rings. The Hall–Kier alpha value is -1.66. The van der Waals surface area contributed by atoms with Gasteiger partial charge in [-0.1, -0.05) is 6.07 Å². The maximum atomic E-state index is 10.7. The molecule has 1 aliphatic rings. The highest BCUT2D eigenvalue weighted by Gasteiger charge is 2.22. The molecular formula is C17H22N2O3S. The highest BCUT2D eigenvalue weighted by atomic mass is 32.1. The van der Waals surface area contributed by atoms with Gasteiger partial charge in [0.15, 0.2) is 0 Å². The van der Waals surface area contributed by atoms with E-state index in [1.165, 1.54) is 0 Å². The first-order valence-corrected chi connectivity index (χ1v) is 8.94. The van der Waals surface area contributed by atoms with Gasteiger partial charge in [-0.3, -0.25) is 9.69 Å². The van der Waals surface area contributed by atoms with E-state index >= 15 is 0 Å². The molecule has 3 rings (SSSR count). The molecule has 1 fully saturated rings. The fourth-order valence-corrected chi connectivity index (χ4v) is 3.80. The van der Waals surface area contributed by atoms with E-state index in [0.717, 1.165) is 55.2 Å². The molecule has 0 spiro atoms. The molecule has 1 aliphatic heterocycles. The van der Waals surface area contributed by atoms with E-state index in [2.05, 4.69) is 9.88 Å². The predicted molar refractivity (Wildman–Crippen MR) is 89.4 cm³/mol. The molecule has 0 aromatic carbocycles. The maximum Gasteiger partial charge on any atom is 0.303 e. The van der Waals surface area contributed by atoms with E-state index < -0.39 is 5.97 Å². The van der Waals surface area contributed by atoms with Gasteiger partial charge in [-0.05, 0) is 50.1 Å². The first-order chi connectivity index (χ1) is 11.1. The van der Waals surface area contributed by atoms with Gasteiger partial charge in [0.2, 0.25) is 5.89 Å². The van der Waals surface area contributed by atoms with Crippen molar-refractivity contribution >= 4 is 17.3 Å². The van der Waals surface area contributed by atoms with Crippen LogP contribution >= 0.6 is 11.3 Å². The van der Waals surface area contributed by atoms with Crippen molar-refractivity contribution in [3.05, 3.63) is 29.0 Å². The van der Waals surface area contributed by atoms with E-state index in [0.29, 0.717) is 11.8 Å². The van der Waals surface area contributed by atoms with Gasteiger partial charge >= 0.3 is 5.97 Å². The van der Waals surface area contributed by atoms with Crippen molar-refractivity contribution in [1.82, 2.24) is 9.88 Å². The molecule has 0 bridgehead atoms. The van der Waals surface area contributed by atoms with E-state index in [1.54, 1.807) is 11.3 Å². The Kier molecular flexibility index (Phi) is 5.13. The Morgan fingerprint density at radius 1 is 1.57 bits per heavy atom. The summed E-state index contributed by atoms with van der Waals surface area (Å²) in [6.07, 6.45) is 3.29. The minimum absolute atomic E-state index is 0.268. The second-order valence-corrected chi connectivity index (χ2v) is 7.12. The van der Waals surface area contributed by atoms with Crippen molar-refractivity contribution in [1.29, 1.82) is 0 Å². The lowest BCUT2D eigenvalue weighted by Crippen LogP contribution is -2.35. The van der Waals surface area contributed by atoms with Crippen LogP contribution in [0.5, 0.6) is 0 Å². The summed E-state index contributed by atoms with van der Waals surface area (Å²) in [5.41, 5.74) is 0.993. The van der Waals surface area contributed by atoms with Gasteiger partial charge < -0.3 is 9.52 Å². The van der Waals surface area contributed by atoms with Crippen molar-refractivity contribution in [2.24, 2.45) is 5.92 Å². The van der Waals surface area contributed by atoms with Gasteiger partial charge in [0.1, 0.15) is 5.76 Å². The number of aromatic nitrogens is 1. The Morgan fingerprint density at radius 2 is 2.43 bits per heavy atom. The van der Waals surface area contributed by atoms with E-state index in [1.807, 2.05) is 24.4 Å². The standard InChI is InChI=1S/C17H22N2O3S/c1-12-14(18-17(22-12)15-5-3-9-23-15)11-19-8-2-4-13(10-19)6-7-16(20)21/h3,5,9,13H,2,4,6-8,10-11H2,1H3,(H,20,21). The molecule has 0 amide bonds. The Labute approximate surface area is 140 Å². The molecule has 0 radical (unpaired) electrons. The maximum absolute atomic E-state index is 10.7. The monoisotopic (exact) mass is 334 g/mol. The topological polar surface area (TPSA) is 66.6 Å². The highest BCUT2D eigenvalue weighted by Crippen LogP contribution is 2.28. The molecule has 0 saturated carbocycles. The second kappa shape index (κ2) is 7.27. The number of thiophene rings is 1. The van der Waals surface area contributed by atoms with Gasteiger partial charge in [-0.2, -0.15) is 0 Å². The van der Waals surface area contributed by atoms with Crippen molar-refractivity contribution in [2.45, 2.75) is 39.2 Å². The van der Waals surface area contributed by atoms with E-state index in [9.17, 15) is 4.79 Å². The summed E-state index contributed by atoms with van der Waals surface area (Å²) >= 11 is 1.63. The first-order valence-electron chi connectivity index (χ1n) is 8.06. The second-order valence-electron chi connectivity index (χ2n) is 6.17. The molecule has 1 saturated heterocycles. The molecule has 6 heteroatoms. The summed E-state index contributed by atoms with van der Waals surface area (Å²) < 4.78 is 5.80. The van der Waals surface area contributed by atoms with Crippen molar-refractivity contribution in [3.63, 3.8) is 0 Å². The van der Waals surface area contributed by atoms with Crippen LogP contribution in [0.1, 0.15) is 37.1 Å². The number of likely N-dealkylation sites (tertiary alicyclic amines) is 1. The van der Waals surface area contributed by atoms with Crippen molar-refractivity contribution in [3.8, 4) is 10.8 Å². The van der Waals surface area contributed by atoms with Crippen LogP contribution in [0.4, 0.5) is 0 Å². The van der Waals surface area contributed by atoms with Crippen LogP contribution in [0.15, 0.2) is 21.9 Å². The van der Waals surface area contributed by atoms with Gasteiger partial charge in [-0.15, -0.1) is 11.3 Å². The molecule has 0 aliphatic carbocycles. The quantitative estimate of drug-likeness (QED) is 0.870. The molecule has 124 valence electrons. The summed E-state index contributed by atoms with van der Waals surface area (Å²) in [4.78, 5) is 18.8. The molecule has 3 heterocycles. The predicted octanol–water partition coefficient (Wildman–Crippen LogP) is 3.79. The lowest BCUT2D eigenvalue weighted by atomic mass is 9.93. The molecule has 23 heavy (non-hydrogen) atoms. The summed E-state index contributed by atoms with van der Waals surface area (Å²) in [5.74, 6) is 1.35. The number of hydrogen-bond donors (Lipinski definition) is 1. The van der Waals surface area contributed by atoms with Crippen molar-refractivity contribution in [2.75, 3.05) is 13.1 Å². The fourth-order valence-electron chi connectivity index (χ4n) is 3.15. The Balaban J connectivity index is 1.61. The molecule has 2 aromatic heterocycles. The zero-order valence-corrected chi connectivity index (χ0v) is 14.1. The number of carboxylic acid groups (broad SMARTS) is 1. The van der Waals surface area contributed by atoms with Crippen LogP contribution in [-0.4, -0.2) is 34.0 Å². The molecule has 1 atom stereocenters. The van der Waals surface area contributed by atoms with Gasteiger partial charge in [0, 0.05) is 19.5 Å². The third kappa shape index (κ3) is 4.20. The van der Waals surface area contributed by atoms with Crippen LogP contribution in [0, 0.1) is 12.8 Å². The molecule has 1 N–H and O–H groups in total. The Bertz CT molecular complexity index is 651. The zero-order chi connectivity index (χ0) is 16.2. The van der Waals surface area contributed by atoms with Gasteiger partial charge in [0.05, 0.1) is 10.6 Å². The normalized spacial score (nSPS) is 19.1. The number of aryl methyl sites for hydroxylation is 1. The third-order valence-corrected chi connectivity index (χ3v) is 5.23. The average molecular weight is 334 g/mol. The fraction of sp³-hybridized carbons (Fsp3) is 0.529. The van der Waals surface area contributed by atoms with Crippen LogP contribution in [0.3, 0.4) is 0 Å². The number of oxazole rings is 1. The Morgan fingerprint density at radius 3 is 3.17 bits per heavy atom. The number of rotatable bonds is 6. The van der Waals surface area contributed by atoms with Crippen LogP contribution in [0.25, 0.3) is 10.8 Å². The number of carbonyl (C=O) groups is 1. The SMILES string of the molecule is Cc1oc(-c2cccs2)nc1CN1CCCC(CCC(=O)O)C1. The zero-order valence-electron chi connectivity index (χ0n) is 13.3. The first kappa shape index (κ1) is 16.2. The molecule has 1 unspecified atom stereocenters. The van der Waals surface area contributed by atoms with Crippen LogP contribution < -0.4 is 0 Å². The summed E-state index contributed by atoms with van der Waals surface area (Å²) in [5, 5.41) is 10.9.